The summed E-state index contributed by atoms with van der Waals surface area (Å²) < 4.78 is 22.3. The van der Waals surface area contributed by atoms with Crippen LogP contribution in [-0.4, -0.2) is 50.3 Å². The van der Waals surface area contributed by atoms with Gasteiger partial charge in [-0.05, 0) is 37.8 Å². The van der Waals surface area contributed by atoms with Crippen LogP contribution in [0, 0.1) is 0 Å². The third-order valence-electron chi connectivity index (χ3n) is 7.98. The Morgan fingerprint density at radius 2 is 0.609 bits per heavy atom. The van der Waals surface area contributed by atoms with E-state index in [2.05, 4.69) is 27.7 Å². The molecule has 8 heteroatoms. The van der Waals surface area contributed by atoms with Crippen LogP contribution in [0.25, 0.3) is 0 Å². The average molecular weight is 647 g/mol. The summed E-state index contributed by atoms with van der Waals surface area (Å²) in [6.45, 7) is 9.16. The first-order valence-electron chi connectivity index (χ1n) is 18.3. The molecular formula is C38H62O8. The van der Waals surface area contributed by atoms with Crippen LogP contribution in [-0.2, 0) is 18.9 Å². The van der Waals surface area contributed by atoms with Gasteiger partial charge < -0.3 is 18.9 Å². The minimum atomic E-state index is -0.852. The smallest absolute Gasteiger partial charge is 0.339 e. The Morgan fingerprint density at radius 3 is 0.870 bits per heavy atom. The van der Waals surface area contributed by atoms with Crippen molar-refractivity contribution in [3.63, 3.8) is 0 Å². The molecule has 0 fully saturated rings. The van der Waals surface area contributed by atoms with Crippen LogP contribution in [0.4, 0.5) is 0 Å². The largest absolute Gasteiger partial charge is 0.462 e. The molecule has 0 unspecified atom stereocenters. The lowest BCUT2D eigenvalue weighted by Gasteiger charge is -2.17. The number of hydrogen-bond acceptors (Lipinski definition) is 8. The van der Waals surface area contributed by atoms with Gasteiger partial charge in [0.25, 0.3) is 0 Å². The van der Waals surface area contributed by atoms with E-state index in [1.807, 2.05) is 0 Å². The summed E-state index contributed by atoms with van der Waals surface area (Å²) in [6.07, 6.45) is 19.3. The molecule has 0 bridgehead atoms. The highest BCUT2D eigenvalue weighted by atomic mass is 16.5. The molecule has 0 heterocycles. The second kappa shape index (κ2) is 27.2. The highest BCUT2D eigenvalue weighted by Gasteiger charge is 2.33. The van der Waals surface area contributed by atoms with Crippen LogP contribution in [0.2, 0.25) is 0 Å². The van der Waals surface area contributed by atoms with E-state index in [1.165, 1.54) is 12.1 Å². The van der Waals surface area contributed by atoms with Gasteiger partial charge in [0, 0.05) is 0 Å². The Labute approximate surface area is 278 Å². The lowest BCUT2D eigenvalue weighted by Crippen LogP contribution is -2.24. The van der Waals surface area contributed by atoms with Crippen LogP contribution in [0.5, 0.6) is 0 Å². The Bertz CT molecular complexity index is 924. The van der Waals surface area contributed by atoms with E-state index in [0.29, 0.717) is 25.7 Å². The van der Waals surface area contributed by atoms with Gasteiger partial charge in [-0.2, -0.15) is 0 Å². The van der Waals surface area contributed by atoms with Crippen molar-refractivity contribution < 1.29 is 38.1 Å². The van der Waals surface area contributed by atoms with Crippen molar-refractivity contribution in [2.45, 2.75) is 156 Å². The summed E-state index contributed by atoms with van der Waals surface area (Å²) in [4.78, 5) is 53.9. The Hall–Kier alpha value is -2.90. The number of carbonyl (C=O) groups is 4. The zero-order valence-electron chi connectivity index (χ0n) is 29.4. The normalized spacial score (nSPS) is 10.9. The standard InChI is InChI=1S/C38H62O8/c1-5-9-13-17-21-27-43-35(39)31-25-26-32(36(40)44-28-22-18-14-10-6-2)34(38(42)46-30-24-20-16-12-8-4)33(31)37(41)45-29-23-19-15-11-7-3/h25-26H,5-24,27-30H2,1-4H3. The fourth-order valence-corrected chi connectivity index (χ4v) is 5.15. The molecule has 0 aliphatic carbocycles. The molecule has 262 valence electrons. The third-order valence-corrected chi connectivity index (χ3v) is 7.98. The number of rotatable bonds is 28. The minimum absolute atomic E-state index is 0.115. The van der Waals surface area contributed by atoms with Crippen molar-refractivity contribution in [3.8, 4) is 0 Å². The maximum atomic E-state index is 13.6. The van der Waals surface area contributed by atoms with Gasteiger partial charge in [-0.3, -0.25) is 0 Å². The first-order chi connectivity index (χ1) is 22.4. The van der Waals surface area contributed by atoms with E-state index in [9.17, 15) is 19.2 Å². The summed E-state index contributed by atoms with van der Waals surface area (Å²) in [6, 6.07) is 2.72. The maximum absolute atomic E-state index is 13.6. The van der Waals surface area contributed by atoms with Gasteiger partial charge in [-0.25, -0.2) is 19.2 Å². The van der Waals surface area contributed by atoms with Gasteiger partial charge in [-0.15, -0.1) is 0 Å². The first kappa shape index (κ1) is 41.1. The molecule has 0 spiro atoms. The van der Waals surface area contributed by atoms with E-state index in [0.717, 1.165) is 103 Å². The SMILES string of the molecule is CCCCCCCOC(=O)c1ccc(C(=O)OCCCCCCC)c(C(=O)OCCCCCCC)c1C(=O)OCCCCCCC. The van der Waals surface area contributed by atoms with E-state index < -0.39 is 23.9 Å². The Morgan fingerprint density at radius 1 is 0.370 bits per heavy atom. The van der Waals surface area contributed by atoms with Gasteiger partial charge in [0.1, 0.15) is 0 Å². The van der Waals surface area contributed by atoms with Gasteiger partial charge in [0.15, 0.2) is 0 Å². The van der Waals surface area contributed by atoms with Crippen molar-refractivity contribution in [3.05, 3.63) is 34.4 Å². The number of unbranched alkanes of at least 4 members (excludes halogenated alkanes) is 16. The van der Waals surface area contributed by atoms with Gasteiger partial charge in [-0.1, -0.05) is 130 Å². The second-order valence-electron chi connectivity index (χ2n) is 12.1. The highest BCUT2D eigenvalue weighted by molar-refractivity contribution is 6.15. The molecule has 46 heavy (non-hydrogen) atoms. The average Bonchev–Trinajstić information content (AvgIpc) is 3.06. The summed E-state index contributed by atoms with van der Waals surface area (Å²) in [7, 11) is 0. The van der Waals surface area contributed by atoms with Crippen molar-refractivity contribution in [2.75, 3.05) is 26.4 Å². The summed E-state index contributed by atoms with van der Waals surface area (Å²) in [5.74, 6) is -3.19. The van der Waals surface area contributed by atoms with Gasteiger partial charge in [0.05, 0.1) is 48.7 Å². The lowest BCUT2D eigenvalue weighted by atomic mass is 9.95. The van der Waals surface area contributed by atoms with Crippen molar-refractivity contribution in [2.24, 2.45) is 0 Å². The quantitative estimate of drug-likeness (QED) is 0.0503. The molecule has 0 amide bonds. The van der Waals surface area contributed by atoms with Crippen molar-refractivity contribution >= 4 is 23.9 Å². The van der Waals surface area contributed by atoms with Crippen LogP contribution in [0.1, 0.15) is 198 Å². The fraction of sp³-hybridized carbons (Fsp3) is 0.737. The minimum Gasteiger partial charge on any atom is -0.462 e. The molecular weight excluding hydrogens is 584 g/mol. The van der Waals surface area contributed by atoms with Crippen LogP contribution in [0.3, 0.4) is 0 Å². The monoisotopic (exact) mass is 646 g/mol. The third kappa shape index (κ3) is 17.1. The van der Waals surface area contributed by atoms with Crippen LogP contribution < -0.4 is 0 Å². The molecule has 8 nitrogen and oxygen atoms in total. The molecule has 0 saturated carbocycles. The number of benzene rings is 1. The molecule has 1 aromatic carbocycles. The lowest BCUT2D eigenvalue weighted by molar-refractivity contribution is 0.0415. The Balaban J connectivity index is 3.33. The van der Waals surface area contributed by atoms with Gasteiger partial charge >= 0.3 is 23.9 Å². The molecule has 1 rings (SSSR count). The van der Waals surface area contributed by atoms with E-state index >= 15 is 0 Å². The summed E-state index contributed by atoms with van der Waals surface area (Å²) >= 11 is 0. The van der Waals surface area contributed by atoms with E-state index in [-0.39, 0.29) is 48.7 Å². The first-order valence-corrected chi connectivity index (χ1v) is 18.3. The number of hydrogen-bond donors (Lipinski definition) is 0. The maximum Gasteiger partial charge on any atom is 0.339 e. The predicted molar refractivity (Wildman–Crippen MR) is 183 cm³/mol. The van der Waals surface area contributed by atoms with Crippen molar-refractivity contribution in [1.29, 1.82) is 0 Å². The summed E-state index contributed by atoms with van der Waals surface area (Å²) in [5, 5.41) is 0. The van der Waals surface area contributed by atoms with Crippen LogP contribution in [0.15, 0.2) is 12.1 Å². The molecule has 0 atom stereocenters. The molecule has 1 aromatic rings. The van der Waals surface area contributed by atoms with Crippen LogP contribution >= 0.6 is 0 Å². The number of esters is 4. The highest BCUT2D eigenvalue weighted by Crippen LogP contribution is 2.25. The van der Waals surface area contributed by atoms with Crippen molar-refractivity contribution in [1.82, 2.24) is 0 Å². The Kier molecular flexibility index (Phi) is 24.3. The molecule has 0 N–H and O–H groups in total. The predicted octanol–water partition coefficient (Wildman–Crippen LogP) is 10.2. The molecule has 0 aromatic heterocycles. The summed E-state index contributed by atoms with van der Waals surface area (Å²) in [5.41, 5.74) is -0.818. The molecule has 0 aliphatic rings. The molecule has 0 radical (unpaired) electrons. The number of ether oxygens (including phenoxy) is 4. The molecule has 0 aliphatic heterocycles. The van der Waals surface area contributed by atoms with E-state index in [4.69, 9.17) is 18.9 Å². The second-order valence-corrected chi connectivity index (χ2v) is 12.1. The van der Waals surface area contributed by atoms with E-state index in [1.54, 1.807) is 0 Å². The topological polar surface area (TPSA) is 105 Å². The number of carbonyl (C=O) groups excluding carboxylic acids is 4. The zero-order chi connectivity index (χ0) is 33.8. The zero-order valence-corrected chi connectivity index (χ0v) is 29.4. The molecule has 0 saturated heterocycles. The fourth-order valence-electron chi connectivity index (χ4n) is 5.15. The van der Waals surface area contributed by atoms with Gasteiger partial charge in [0.2, 0.25) is 0 Å².